The number of nitrogens with zero attached hydrogens (tertiary/aromatic N) is 3. The van der Waals surface area contributed by atoms with Crippen LogP contribution in [0.4, 0.5) is 5.69 Å². The summed E-state index contributed by atoms with van der Waals surface area (Å²) in [5.41, 5.74) is 7.47. The Morgan fingerprint density at radius 1 is 1.22 bits per heavy atom. The smallest absolute Gasteiger partial charge is 0.181 e. The Morgan fingerprint density at radius 2 is 2.11 bits per heavy atom. The highest BCUT2D eigenvalue weighted by molar-refractivity contribution is 5.60. The monoisotopic (exact) mass is 244 g/mol. The third kappa shape index (κ3) is 3.32. The SMILES string of the molecule is CCCCCCn1cnc(-c2cccc(N)c2)n1. The van der Waals surface area contributed by atoms with Gasteiger partial charge < -0.3 is 5.73 Å². The van der Waals surface area contributed by atoms with E-state index in [0.29, 0.717) is 0 Å². The Labute approximate surface area is 108 Å². The zero-order chi connectivity index (χ0) is 12.8. The maximum absolute atomic E-state index is 5.75. The summed E-state index contributed by atoms with van der Waals surface area (Å²) in [4.78, 5) is 4.32. The standard InChI is InChI=1S/C14H20N4/c1-2-3-4-5-9-18-11-16-14(17-18)12-7-6-8-13(15)10-12/h6-8,10-11H,2-5,9,15H2,1H3. The van der Waals surface area contributed by atoms with Gasteiger partial charge in [-0.05, 0) is 18.6 Å². The van der Waals surface area contributed by atoms with Crippen LogP contribution < -0.4 is 5.73 Å². The fourth-order valence-electron chi connectivity index (χ4n) is 1.91. The van der Waals surface area contributed by atoms with Gasteiger partial charge in [0.05, 0.1) is 0 Å². The van der Waals surface area contributed by atoms with Gasteiger partial charge in [0, 0.05) is 17.8 Å². The lowest BCUT2D eigenvalue weighted by Gasteiger charge is -2.00. The van der Waals surface area contributed by atoms with Gasteiger partial charge in [0.25, 0.3) is 0 Å². The molecular weight excluding hydrogens is 224 g/mol. The van der Waals surface area contributed by atoms with Crippen LogP contribution >= 0.6 is 0 Å². The van der Waals surface area contributed by atoms with E-state index < -0.39 is 0 Å². The molecule has 0 bridgehead atoms. The molecule has 0 aliphatic carbocycles. The van der Waals surface area contributed by atoms with Gasteiger partial charge in [0.15, 0.2) is 5.82 Å². The van der Waals surface area contributed by atoms with Crippen molar-refractivity contribution in [1.82, 2.24) is 14.8 Å². The molecule has 0 atom stereocenters. The molecule has 0 spiro atoms. The maximum atomic E-state index is 5.75. The quantitative estimate of drug-likeness (QED) is 0.627. The van der Waals surface area contributed by atoms with Crippen LogP contribution in [0.25, 0.3) is 11.4 Å². The lowest BCUT2D eigenvalue weighted by molar-refractivity contribution is 0.541. The van der Waals surface area contributed by atoms with Gasteiger partial charge in [0.1, 0.15) is 6.33 Å². The molecule has 0 unspecified atom stereocenters. The molecule has 1 aromatic carbocycles. The Balaban J connectivity index is 1.97. The van der Waals surface area contributed by atoms with Gasteiger partial charge in [-0.1, -0.05) is 38.3 Å². The molecule has 2 rings (SSSR count). The zero-order valence-electron chi connectivity index (χ0n) is 10.8. The molecule has 1 aromatic heterocycles. The molecule has 1 heterocycles. The van der Waals surface area contributed by atoms with Gasteiger partial charge in [0.2, 0.25) is 0 Å². The fourth-order valence-corrected chi connectivity index (χ4v) is 1.91. The normalized spacial score (nSPS) is 10.7. The van der Waals surface area contributed by atoms with Gasteiger partial charge in [-0.3, -0.25) is 4.68 Å². The molecule has 96 valence electrons. The second-order valence-electron chi connectivity index (χ2n) is 4.52. The number of aromatic nitrogens is 3. The Kier molecular flexibility index (Phi) is 4.34. The maximum Gasteiger partial charge on any atom is 0.181 e. The molecule has 0 fully saturated rings. The average Bonchev–Trinajstić information content (AvgIpc) is 2.83. The molecule has 0 aliphatic heterocycles. The molecule has 0 saturated heterocycles. The van der Waals surface area contributed by atoms with Crippen molar-refractivity contribution in [2.75, 3.05) is 5.73 Å². The summed E-state index contributed by atoms with van der Waals surface area (Å²) in [6.45, 7) is 3.16. The number of anilines is 1. The number of aryl methyl sites for hydroxylation is 1. The van der Waals surface area contributed by atoms with E-state index >= 15 is 0 Å². The van der Waals surface area contributed by atoms with Gasteiger partial charge in [-0.2, -0.15) is 5.10 Å². The highest BCUT2D eigenvalue weighted by atomic mass is 15.3. The highest BCUT2D eigenvalue weighted by Crippen LogP contribution is 2.17. The molecule has 18 heavy (non-hydrogen) atoms. The molecular formula is C14H20N4. The first kappa shape index (κ1) is 12.6. The Morgan fingerprint density at radius 3 is 2.89 bits per heavy atom. The van der Waals surface area contributed by atoms with E-state index in [1.54, 1.807) is 6.33 Å². The van der Waals surface area contributed by atoms with Gasteiger partial charge in [-0.25, -0.2) is 4.98 Å². The first-order chi connectivity index (χ1) is 8.79. The van der Waals surface area contributed by atoms with Crippen LogP contribution in [0.15, 0.2) is 30.6 Å². The van der Waals surface area contributed by atoms with Crippen LogP contribution in [-0.2, 0) is 6.54 Å². The summed E-state index contributed by atoms with van der Waals surface area (Å²) in [5, 5.41) is 4.47. The summed E-state index contributed by atoms with van der Waals surface area (Å²) < 4.78 is 1.91. The largest absolute Gasteiger partial charge is 0.399 e. The molecule has 2 N–H and O–H groups in total. The first-order valence-electron chi connectivity index (χ1n) is 6.55. The predicted octanol–water partition coefficient (Wildman–Crippen LogP) is 3.11. The predicted molar refractivity (Wildman–Crippen MR) is 74.0 cm³/mol. The molecule has 2 aromatic rings. The lowest BCUT2D eigenvalue weighted by atomic mass is 10.2. The number of nitrogen functional groups attached to an aromatic ring is 1. The van der Waals surface area contributed by atoms with E-state index in [2.05, 4.69) is 17.0 Å². The Bertz CT molecular complexity index is 490. The summed E-state index contributed by atoms with van der Waals surface area (Å²) in [6, 6.07) is 7.67. The molecule has 0 saturated carbocycles. The van der Waals surface area contributed by atoms with Crippen LogP contribution in [-0.4, -0.2) is 14.8 Å². The Hall–Kier alpha value is -1.84. The van der Waals surface area contributed by atoms with Gasteiger partial charge >= 0.3 is 0 Å². The van der Waals surface area contributed by atoms with E-state index in [1.165, 1.54) is 19.3 Å². The fraction of sp³-hybridized carbons (Fsp3) is 0.429. The van der Waals surface area contributed by atoms with Crippen LogP contribution in [0.1, 0.15) is 32.6 Å². The van der Waals surface area contributed by atoms with Crippen molar-refractivity contribution in [3.05, 3.63) is 30.6 Å². The van der Waals surface area contributed by atoms with E-state index in [0.717, 1.165) is 30.0 Å². The molecule has 0 aliphatic rings. The average molecular weight is 244 g/mol. The summed E-state index contributed by atoms with van der Waals surface area (Å²) in [7, 11) is 0. The number of nitrogens with two attached hydrogens (primary N) is 1. The molecule has 4 heteroatoms. The first-order valence-corrected chi connectivity index (χ1v) is 6.55. The number of rotatable bonds is 6. The molecule has 0 radical (unpaired) electrons. The van der Waals surface area contributed by atoms with Crippen molar-refractivity contribution in [3.63, 3.8) is 0 Å². The topological polar surface area (TPSA) is 56.7 Å². The van der Waals surface area contributed by atoms with E-state index in [4.69, 9.17) is 5.73 Å². The van der Waals surface area contributed by atoms with Crippen molar-refractivity contribution in [1.29, 1.82) is 0 Å². The van der Waals surface area contributed by atoms with E-state index in [-0.39, 0.29) is 0 Å². The van der Waals surface area contributed by atoms with Crippen LogP contribution in [0, 0.1) is 0 Å². The summed E-state index contributed by atoms with van der Waals surface area (Å²) in [6.07, 6.45) is 6.75. The molecule has 0 amide bonds. The summed E-state index contributed by atoms with van der Waals surface area (Å²) in [5.74, 6) is 0.748. The number of hydrogen-bond donors (Lipinski definition) is 1. The van der Waals surface area contributed by atoms with Crippen LogP contribution in [0.5, 0.6) is 0 Å². The lowest BCUT2D eigenvalue weighted by Crippen LogP contribution is -1.98. The van der Waals surface area contributed by atoms with Crippen molar-refractivity contribution in [2.45, 2.75) is 39.2 Å². The van der Waals surface area contributed by atoms with Crippen LogP contribution in [0.2, 0.25) is 0 Å². The second kappa shape index (κ2) is 6.19. The molecule has 4 nitrogen and oxygen atoms in total. The number of unbranched alkanes of at least 4 members (excludes halogenated alkanes) is 3. The number of benzene rings is 1. The third-order valence-corrected chi connectivity index (χ3v) is 2.92. The minimum absolute atomic E-state index is 0.742. The van der Waals surface area contributed by atoms with Gasteiger partial charge in [-0.15, -0.1) is 0 Å². The van der Waals surface area contributed by atoms with Crippen molar-refractivity contribution >= 4 is 5.69 Å². The van der Waals surface area contributed by atoms with Crippen LogP contribution in [0.3, 0.4) is 0 Å². The van der Waals surface area contributed by atoms with E-state index in [9.17, 15) is 0 Å². The summed E-state index contributed by atoms with van der Waals surface area (Å²) >= 11 is 0. The minimum Gasteiger partial charge on any atom is -0.399 e. The second-order valence-corrected chi connectivity index (χ2v) is 4.52. The van der Waals surface area contributed by atoms with E-state index in [1.807, 2.05) is 28.9 Å². The highest BCUT2D eigenvalue weighted by Gasteiger charge is 2.04. The third-order valence-electron chi connectivity index (χ3n) is 2.92. The zero-order valence-corrected chi connectivity index (χ0v) is 10.8. The van der Waals surface area contributed by atoms with Crippen molar-refractivity contribution in [3.8, 4) is 11.4 Å². The minimum atomic E-state index is 0.742. The van der Waals surface area contributed by atoms with Crippen molar-refractivity contribution < 1.29 is 0 Å². The van der Waals surface area contributed by atoms with Crippen molar-refractivity contribution in [2.24, 2.45) is 0 Å². The number of hydrogen-bond acceptors (Lipinski definition) is 3.